The lowest BCUT2D eigenvalue weighted by Crippen LogP contribution is -2.35. The van der Waals surface area contributed by atoms with Gasteiger partial charge in [0.1, 0.15) is 5.60 Å². The summed E-state index contributed by atoms with van der Waals surface area (Å²) in [5, 5.41) is 9.38. The number of esters is 1. The molecule has 0 aliphatic rings. The summed E-state index contributed by atoms with van der Waals surface area (Å²) in [6, 6.07) is 0. The number of hydrogen-bond acceptors (Lipinski definition) is 6. The molecule has 9 nitrogen and oxygen atoms in total. The number of nitrogens with zero attached hydrogens (tertiary/aromatic N) is 2. The van der Waals surface area contributed by atoms with Crippen LogP contribution in [0.15, 0.2) is 0 Å². The highest BCUT2D eigenvalue weighted by atomic mass is 16.6. The second-order valence-corrected chi connectivity index (χ2v) is 6.97. The Morgan fingerprint density at radius 3 is 2.35 bits per heavy atom. The van der Waals surface area contributed by atoms with Crippen molar-refractivity contribution in [2.24, 2.45) is 7.05 Å². The number of hydrogen-bond donors (Lipinski definition) is 2. The van der Waals surface area contributed by atoms with Crippen molar-refractivity contribution in [3.8, 4) is 0 Å². The van der Waals surface area contributed by atoms with Gasteiger partial charge in [0.25, 0.3) is 5.91 Å². The Bertz CT molecular complexity index is 675. The van der Waals surface area contributed by atoms with Gasteiger partial charge in [0.2, 0.25) is 0 Å². The minimum atomic E-state index is -0.969. The first kappa shape index (κ1) is 21.5. The monoisotopic (exact) mass is 368 g/mol. The molecule has 0 aliphatic heterocycles. The van der Waals surface area contributed by atoms with Gasteiger partial charge in [-0.1, -0.05) is 0 Å². The summed E-state index contributed by atoms with van der Waals surface area (Å²) >= 11 is 0. The number of amides is 2. The van der Waals surface area contributed by atoms with Crippen LogP contribution >= 0.6 is 0 Å². The first-order chi connectivity index (χ1) is 11.9. The fraction of sp³-hybridized carbons (Fsp3) is 0.647. The lowest BCUT2D eigenvalue weighted by atomic mass is 10.2. The number of anilines is 1. The number of rotatable bonds is 6. The molecule has 0 aromatic carbocycles. The van der Waals surface area contributed by atoms with Gasteiger partial charge in [-0.05, 0) is 41.5 Å². The average molecular weight is 368 g/mol. The summed E-state index contributed by atoms with van der Waals surface area (Å²) in [7, 11) is 1.78. The summed E-state index contributed by atoms with van der Waals surface area (Å²) in [6.07, 6.45) is -1.65. The van der Waals surface area contributed by atoms with E-state index in [0.717, 1.165) is 5.69 Å². The third kappa shape index (κ3) is 6.73. The van der Waals surface area contributed by atoms with Gasteiger partial charge in [-0.25, -0.2) is 4.79 Å². The number of carbonyl (C=O) groups excluding carboxylic acids is 3. The Balaban J connectivity index is 2.42. The molecule has 2 N–H and O–H groups in total. The largest absolute Gasteiger partial charge is 0.452 e. The zero-order valence-corrected chi connectivity index (χ0v) is 16.4. The maximum Gasteiger partial charge on any atom is 0.407 e. The maximum atomic E-state index is 12.2. The molecule has 1 atom stereocenters. The number of carbonyl (C=O) groups is 3. The molecule has 0 fully saturated rings. The van der Waals surface area contributed by atoms with Crippen LogP contribution in [0.2, 0.25) is 0 Å². The average Bonchev–Trinajstić information content (AvgIpc) is 2.71. The van der Waals surface area contributed by atoms with Crippen LogP contribution in [0.3, 0.4) is 0 Å². The van der Waals surface area contributed by atoms with E-state index in [1.54, 1.807) is 39.4 Å². The molecule has 1 heterocycles. The Morgan fingerprint density at radius 1 is 1.23 bits per heavy atom. The van der Waals surface area contributed by atoms with Crippen molar-refractivity contribution >= 4 is 23.7 Å². The molecule has 9 heteroatoms. The highest BCUT2D eigenvalue weighted by Crippen LogP contribution is 2.18. The van der Waals surface area contributed by atoms with Crippen LogP contribution in [0.1, 0.15) is 45.5 Å². The topological polar surface area (TPSA) is 112 Å². The molecule has 0 saturated carbocycles. The number of nitrogens with one attached hydrogen (secondary N) is 2. The van der Waals surface area contributed by atoms with Gasteiger partial charge in [0, 0.05) is 13.6 Å². The summed E-state index contributed by atoms with van der Waals surface area (Å²) in [6.45, 7) is 10.4. The molecule has 2 amide bonds. The first-order valence-corrected chi connectivity index (χ1v) is 8.38. The van der Waals surface area contributed by atoms with Crippen molar-refractivity contribution in [3.63, 3.8) is 0 Å². The number of alkyl carbamates (subject to hydrolysis) is 1. The molecule has 26 heavy (non-hydrogen) atoms. The quantitative estimate of drug-likeness (QED) is 0.741. The molecule has 0 saturated heterocycles. The molecular weight excluding hydrogens is 340 g/mol. The lowest BCUT2D eigenvalue weighted by molar-refractivity contribution is -0.153. The molecule has 1 aromatic heterocycles. The van der Waals surface area contributed by atoms with Crippen molar-refractivity contribution in [1.29, 1.82) is 0 Å². The van der Waals surface area contributed by atoms with Gasteiger partial charge >= 0.3 is 12.1 Å². The predicted octanol–water partition coefficient (Wildman–Crippen LogP) is 1.82. The number of aryl methyl sites for hydroxylation is 2. The molecule has 146 valence electrons. The van der Waals surface area contributed by atoms with E-state index in [-0.39, 0.29) is 13.0 Å². The third-order valence-electron chi connectivity index (χ3n) is 3.43. The molecular formula is C17H28N4O5. The van der Waals surface area contributed by atoms with Gasteiger partial charge in [-0.2, -0.15) is 5.10 Å². The highest BCUT2D eigenvalue weighted by molar-refractivity contribution is 5.96. The van der Waals surface area contributed by atoms with Crippen molar-refractivity contribution in [2.45, 2.75) is 59.7 Å². The van der Waals surface area contributed by atoms with Crippen molar-refractivity contribution in [1.82, 2.24) is 15.1 Å². The molecule has 1 aromatic rings. The van der Waals surface area contributed by atoms with Crippen LogP contribution in [0.5, 0.6) is 0 Å². The van der Waals surface area contributed by atoms with Gasteiger partial charge in [-0.3, -0.25) is 14.3 Å². The van der Waals surface area contributed by atoms with E-state index in [9.17, 15) is 14.4 Å². The van der Waals surface area contributed by atoms with Crippen LogP contribution < -0.4 is 10.6 Å². The second kappa shape index (κ2) is 8.68. The fourth-order valence-electron chi connectivity index (χ4n) is 2.07. The fourth-order valence-corrected chi connectivity index (χ4v) is 2.07. The second-order valence-electron chi connectivity index (χ2n) is 6.97. The zero-order chi connectivity index (χ0) is 20.1. The SMILES string of the molecule is Cc1nn(C)c(C)c1NC(=O)C(C)OC(=O)CCNC(=O)OC(C)(C)C. The Hall–Kier alpha value is -2.58. The van der Waals surface area contributed by atoms with Crippen LogP contribution in [-0.4, -0.2) is 46.0 Å². The summed E-state index contributed by atoms with van der Waals surface area (Å²) in [5.41, 5.74) is 1.47. The summed E-state index contributed by atoms with van der Waals surface area (Å²) in [5.74, 6) is -1.04. The number of aromatic nitrogens is 2. The molecule has 0 aliphatic carbocycles. The van der Waals surface area contributed by atoms with E-state index in [4.69, 9.17) is 9.47 Å². The molecule has 0 radical (unpaired) electrons. The smallest absolute Gasteiger partial charge is 0.407 e. The maximum absolute atomic E-state index is 12.2. The van der Waals surface area contributed by atoms with Gasteiger partial charge < -0.3 is 20.1 Å². The minimum Gasteiger partial charge on any atom is -0.452 e. The number of ether oxygens (including phenoxy) is 2. The Kier molecular flexibility index (Phi) is 7.17. The third-order valence-corrected chi connectivity index (χ3v) is 3.43. The van der Waals surface area contributed by atoms with Crippen LogP contribution in [0.25, 0.3) is 0 Å². The van der Waals surface area contributed by atoms with Crippen LogP contribution in [0, 0.1) is 13.8 Å². The van der Waals surface area contributed by atoms with Gasteiger partial charge in [0.15, 0.2) is 6.10 Å². The van der Waals surface area contributed by atoms with E-state index in [1.165, 1.54) is 6.92 Å². The highest BCUT2D eigenvalue weighted by Gasteiger charge is 2.21. The van der Waals surface area contributed by atoms with Crippen molar-refractivity contribution in [2.75, 3.05) is 11.9 Å². The van der Waals surface area contributed by atoms with E-state index in [2.05, 4.69) is 15.7 Å². The van der Waals surface area contributed by atoms with E-state index >= 15 is 0 Å². The van der Waals surface area contributed by atoms with E-state index < -0.39 is 29.7 Å². The van der Waals surface area contributed by atoms with Crippen LogP contribution in [-0.2, 0) is 26.1 Å². The predicted molar refractivity (Wildman–Crippen MR) is 95.7 cm³/mol. The molecule has 0 spiro atoms. The van der Waals surface area contributed by atoms with Crippen molar-refractivity contribution in [3.05, 3.63) is 11.4 Å². The Morgan fingerprint density at radius 2 is 1.85 bits per heavy atom. The first-order valence-electron chi connectivity index (χ1n) is 8.38. The molecule has 1 rings (SSSR count). The summed E-state index contributed by atoms with van der Waals surface area (Å²) in [4.78, 5) is 35.5. The standard InChI is InChI=1S/C17H28N4O5/c1-10-14(11(2)21(7)20-10)19-15(23)12(3)25-13(22)8-9-18-16(24)26-17(4,5)6/h12H,8-9H2,1-7H3,(H,18,24)(H,19,23). The van der Waals surface area contributed by atoms with E-state index in [0.29, 0.717) is 11.4 Å². The van der Waals surface area contributed by atoms with Crippen LogP contribution in [0.4, 0.5) is 10.5 Å². The van der Waals surface area contributed by atoms with Crippen molar-refractivity contribution < 1.29 is 23.9 Å². The molecule has 1 unspecified atom stereocenters. The van der Waals surface area contributed by atoms with Gasteiger partial charge in [-0.15, -0.1) is 0 Å². The molecule has 0 bridgehead atoms. The lowest BCUT2D eigenvalue weighted by Gasteiger charge is -2.19. The summed E-state index contributed by atoms with van der Waals surface area (Å²) < 4.78 is 11.8. The van der Waals surface area contributed by atoms with Gasteiger partial charge in [0.05, 0.1) is 23.5 Å². The zero-order valence-electron chi connectivity index (χ0n) is 16.4. The van der Waals surface area contributed by atoms with E-state index in [1.807, 2.05) is 6.92 Å². The Labute approximate surface area is 153 Å². The normalized spacial score (nSPS) is 12.3. The minimum absolute atomic E-state index is 0.0584.